The summed E-state index contributed by atoms with van der Waals surface area (Å²) in [6, 6.07) is 21.8. The molecule has 2 amide bonds. The third-order valence-corrected chi connectivity index (χ3v) is 4.63. The molecule has 25 heavy (non-hydrogen) atoms. The molecule has 0 unspecified atom stereocenters. The summed E-state index contributed by atoms with van der Waals surface area (Å²) in [6.45, 7) is 0.241. The van der Waals surface area contributed by atoms with E-state index in [-0.39, 0.29) is 18.4 Å². The van der Waals surface area contributed by atoms with Gasteiger partial charge in [-0.15, -0.1) is 0 Å². The summed E-state index contributed by atoms with van der Waals surface area (Å²) in [4.78, 5) is 27.3. The van der Waals surface area contributed by atoms with Crippen molar-refractivity contribution >= 4 is 23.4 Å². The van der Waals surface area contributed by atoms with E-state index in [2.05, 4.69) is 0 Å². The lowest BCUT2D eigenvalue weighted by atomic mass is 9.97. The summed E-state index contributed by atoms with van der Waals surface area (Å²) >= 11 is 5.90. The van der Waals surface area contributed by atoms with Gasteiger partial charge in [-0.1, -0.05) is 54.1 Å². The maximum absolute atomic E-state index is 13.1. The first-order valence-corrected chi connectivity index (χ1v) is 8.32. The quantitative estimate of drug-likeness (QED) is 0.593. The van der Waals surface area contributed by atoms with Gasteiger partial charge in [-0.3, -0.25) is 14.5 Å². The standard InChI is InChI=1S/C21H14ClNO2/c22-16-11-9-14(10-12-16)20(24)23-13-15-5-1-2-6-17(15)18-7-3-4-8-19(18)21(23)25/h1-12H,13H2. The maximum atomic E-state index is 13.1. The lowest BCUT2D eigenvalue weighted by Crippen LogP contribution is -2.35. The molecule has 0 aromatic heterocycles. The zero-order valence-electron chi connectivity index (χ0n) is 13.3. The van der Waals surface area contributed by atoms with Crippen LogP contribution in [0.3, 0.4) is 0 Å². The Balaban J connectivity index is 1.84. The average Bonchev–Trinajstić information content (AvgIpc) is 2.78. The lowest BCUT2D eigenvalue weighted by Gasteiger charge is -2.19. The lowest BCUT2D eigenvalue weighted by molar-refractivity contribution is 0.0606. The van der Waals surface area contributed by atoms with Crippen LogP contribution in [0.25, 0.3) is 11.1 Å². The van der Waals surface area contributed by atoms with Crippen LogP contribution in [0.15, 0.2) is 72.8 Å². The molecule has 3 nitrogen and oxygen atoms in total. The van der Waals surface area contributed by atoms with Gasteiger partial charge in [0.05, 0.1) is 6.54 Å². The predicted octanol–water partition coefficient (Wildman–Crippen LogP) is 4.80. The van der Waals surface area contributed by atoms with E-state index in [1.807, 2.05) is 42.5 Å². The van der Waals surface area contributed by atoms with Crippen LogP contribution in [0.2, 0.25) is 5.02 Å². The molecule has 0 radical (unpaired) electrons. The minimum atomic E-state index is -0.326. The number of fused-ring (bicyclic) bond motifs is 3. The smallest absolute Gasteiger partial charge is 0.261 e. The largest absolute Gasteiger partial charge is 0.270 e. The number of halogens is 1. The van der Waals surface area contributed by atoms with Gasteiger partial charge in [0.1, 0.15) is 0 Å². The Morgan fingerprint density at radius 3 is 2.12 bits per heavy atom. The molecular weight excluding hydrogens is 334 g/mol. The van der Waals surface area contributed by atoms with E-state index in [4.69, 9.17) is 11.6 Å². The van der Waals surface area contributed by atoms with Gasteiger partial charge in [0.2, 0.25) is 0 Å². The Kier molecular flexibility index (Phi) is 3.86. The Hall–Kier alpha value is -2.91. The first kappa shape index (κ1) is 15.6. The normalized spacial score (nSPS) is 13.0. The SMILES string of the molecule is O=C(c1ccc(Cl)cc1)N1Cc2ccccc2-c2ccccc2C1=O. The zero-order chi connectivity index (χ0) is 17.4. The van der Waals surface area contributed by atoms with Crippen LogP contribution in [0, 0.1) is 0 Å². The Labute approximate surface area is 150 Å². The van der Waals surface area contributed by atoms with E-state index in [9.17, 15) is 9.59 Å². The number of benzene rings is 3. The molecule has 1 aliphatic rings. The molecule has 0 saturated carbocycles. The van der Waals surface area contributed by atoms with E-state index in [1.54, 1.807) is 30.3 Å². The molecule has 0 aliphatic carbocycles. The number of hydrogen-bond donors (Lipinski definition) is 0. The second kappa shape index (κ2) is 6.19. The molecule has 4 rings (SSSR count). The van der Waals surface area contributed by atoms with E-state index >= 15 is 0 Å². The minimum Gasteiger partial charge on any atom is -0.270 e. The second-order valence-corrected chi connectivity index (χ2v) is 6.34. The minimum absolute atomic E-state index is 0.241. The van der Waals surface area contributed by atoms with Crippen molar-refractivity contribution in [3.05, 3.63) is 94.5 Å². The van der Waals surface area contributed by atoms with E-state index in [0.717, 1.165) is 16.7 Å². The van der Waals surface area contributed by atoms with Gasteiger partial charge in [-0.25, -0.2) is 0 Å². The summed E-state index contributed by atoms with van der Waals surface area (Å²) < 4.78 is 0. The summed E-state index contributed by atoms with van der Waals surface area (Å²) in [5, 5.41) is 0.550. The summed E-state index contributed by atoms with van der Waals surface area (Å²) in [7, 11) is 0. The van der Waals surface area contributed by atoms with Crippen LogP contribution in [0.4, 0.5) is 0 Å². The molecular formula is C21H14ClNO2. The van der Waals surface area contributed by atoms with E-state index in [0.29, 0.717) is 16.1 Å². The molecule has 0 fully saturated rings. The number of imide groups is 1. The fraction of sp³-hybridized carbons (Fsp3) is 0.0476. The Bertz CT molecular complexity index is 979. The van der Waals surface area contributed by atoms with Crippen molar-refractivity contribution in [3.8, 4) is 11.1 Å². The van der Waals surface area contributed by atoms with Gasteiger partial charge < -0.3 is 0 Å². The number of carbonyl (C=O) groups excluding carboxylic acids is 2. The molecule has 122 valence electrons. The summed E-state index contributed by atoms with van der Waals surface area (Å²) in [5.74, 6) is -0.611. The highest BCUT2D eigenvalue weighted by molar-refractivity contribution is 6.30. The topological polar surface area (TPSA) is 37.4 Å². The van der Waals surface area contributed by atoms with Crippen molar-refractivity contribution in [2.75, 3.05) is 0 Å². The number of nitrogens with zero attached hydrogens (tertiary/aromatic N) is 1. The van der Waals surface area contributed by atoms with Gasteiger partial charge >= 0.3 is 0 Å². The number of hydrogen-bond acceptors (Lipinski definition) is 2. The highest BCUT2D eigenvalue weighted by Crippen LogP contribution is 2.33. The van der Waals surface area contributed by atoms with Crippen LogP contribution in [0.1, 0.15) is 26.3 Å². The zero-order valence-corrected chi connectivity index (χ0v) is 14.0. The van der Waals surface area contributed by atoms with Crippen molar-refractivity contribution < 1.29 is 9.59 Å². The average molecular weight is 348 g/mol. The van der Waals surface area contributed by atoms with Crippen LogP contribution in [-0.2, 0) is 6.54 Å². The van der Waals surface area contributed by atoms with Crippen LogP contribution >= 0.6 is 11.6 Å². The predicted molar refractivity (Wildman–Crippen MR) is 97.5 cm³/mol. The van der Waals surface area contributed by atoms with Gasteiger partial charge in [-0.05, 0) is 47.0 Å². The van der Waals surface area contributed by atoms with Crippen LogP contribution in [-0.4, -0.2) is 16.7 Å². The third-order valence-electron chi connectivity index (χ3n) is 4.37. The molecule has 4 heteroatoms. The van der Waals surface area contributed by atoms with Gasteiger partial charge in [0, 0.05) is 16.1 Å². The van der Waals surface area contributed by atoms with E-state index in [1.165, 1.54) is 4.90 Å². The Morgan fingerprint density at radius 2 is 1.40 bits per heavy atom. The van der Waals surface area contributed by atoms with Crippen molar-refractivity contribution in [1.82, 2.24) is 4.90 Å². The number of carbonyl (C=O) groups is 2. The van der Waals surface area contributed by atoms with Crippen molar-refractivity contribution in [2.24, 2.45) is 0 Å². The molecule has 1 heterocycles. The first-order chi connectivity index (χ1) is 12.1. The number of amides is 2. The molecule has 3 aromatic carbocycles. The molecule has 1 aliphatic heterocycles. The van der Waals surface area contributed by atoms with Gasteiger partial charge in [0.25, 0.3) is 11.8 Å². The van der Waals surface area contributed by atoms with Crippen molar-refractivity contribution in [1.29, 1.82) is 0 Å². The fourth-order valence-electron chi connectivity index (χ4n) is 3.13. The molecule has 0 bridgehead atoms. The van der Waals surface area contributed by atoms with E-state index < -0.39 is 0 Å². The highest BCUT2D eigenvalue weighted by Gasteiger charge is 2.30. The van der Waals surface area contributed by atoms with Gasteiger partial charge in [-0.2, -0.15) is 0 Å². The summed E-state index contributed by atoms with van der Waals surface area (Å²) in [5.41, 5.74) is 3.76. The van der Waals surface area contributed by atoms with Gasteiger partial charge in [0.15, 0.2) is 0 Å². The molecule has 3 aromatic rings. The van der Waals surface area contributed by atoms with Crippen LogP contribution in [0.5, 0.6) is 0 Å². The molecule has 0 spiro atoms. The fourth-order valence-corrected chi connectivity index (χ4v) is 3.25. The maximum Gasteiger partial charge on any atom is 0.261 e. The monoisotopic (exact) mass is 347 g/mol. The third kappa shape index (κ3) is 2.73. The highest BCUT2D eigenvalue weighted by atomic mass is 35.5. The molecule has 0 atom stereocenters. The van der Waals surface area contributed by atoms with Crippen LogP contribution < -0.4 is 0 Å². The number of rotatable bonds is 1. The van der Waals surface area contributed by atoms with Crippen molar-refractivity contribution in [2.45, 2.75) is 6.54 Å². The summed E-state index contributed by atoms with van der Waals surface area (Å²) in [6.07, 6.45) is 0. The molecule has 0 saturated heterocycles. The Morgan fingerprint density at radius 1 is 0.800 bits per heavy atom. The van der Waals surface area contributed by atoms with Crippen molar-refractivity contribution in [3.63, 3.8) is 0 Å². The first-order valence-electron chi connectivity index (χ1n) is 7.94. The second-order valence-electron chi connectivity index (χ2n) is 5.91. The molecule has 0 N–H and O–H groups in total.